The first kappa shape index (κ1) is 14.9. The molecule has 0 unspecified atom stereocenters. The predicted molar refractivity (Wildman–Crippen MR) is 82.2 cm³/mol. The van der Waals surface area contributed by atoms with Crippen LogP contribution in [0.25, 0.3) is 0 Å². The van der Waals surface area contributed by atoms with Crippen LogP contribution in [0.3, 0.4) is 0 Å². The second kappa shape index (κ2) is 6.02. The van der Waals surface area contributed by atoms with Gasteiger partial charge in [0.15, 0.2) is 0 Å². The summed E-state index contributed by atoms with van der Waals surface area (Å²) in [7, 11) is 0. The summed E-state index contributed by atoms with van der Waals surface area (Å²) in [6.45, 7) is 8.37. The molecular formula is C15H23N3O2S. The van der Waals surface area contributed by atoms with Crippen LogP contribution in [0.5, 0.6) is 0 Å². The number of amides is 1. The average molecular weight is 309 g/mol. The van der Waals surface area contributed by atoms with Crippen molar-refractivity contribution in [3.8, 4) is 0 Å². The molecule has 3 heterocycles. The third-order valence-electron chi connectivity index (χ3n) is 4.17. The van der Waals surface area contributed by atoms with Gasteiger partial charge in [-0.1, -0.05) is 0 Å². The summed E-state index contributed by atoms with van der Waals surface area (Å²) in [4.78, 5) is 19.3. The molecule has 1 aromatic heterocycles. The Morgan fingerprint density at radius 1 is 1.62 bits per heavy atom. The lowest BCUT2D eigenvalue weighted by Crippen LogP contribution is -2.41. The molecule has 1 N–H and O–H groups in total. The molecule has 0 radical (unpaired) electrons. The summed E-state index contributed by atoms with van der Waals surface area (Å²) < 4.78 is 5.85. The zero-order chi connectivity index (χ0) is 15.0. The van der Waals surface area contributed by atoms with Gasteiger partial charge in [0.1, 0.15) is 5.01 Å². The fraction of sp³-hybridized carbons (Fsp3) is 0.733. The fourth-order valence-electron chi connectivity index (χ4n) is 3.32. The number of likely N-dealkylation sites (tertiary alicyclic amines) is 1. The van der Waals surface area contributed by atoms with Gasteiger partial charge < -0.3 is 10.1 Å². The molecule has 2 aliphatic rings. The van der Waals surface area contributed by atoms with Crippen molar-refractivity contribution in [2.45, 2.75) is 51.9 Å². The monoisotopic (exact) mass is 309 g/mol. The maximum Gasteiger partial charge on any atom is 0.227 e. The van der Waals surface area contributed by atoms with Crippen molar-refractivity contribution < 1.29 is 9.53 Å². The van der Waals surface area contributed by atoms with Crippen LogP contribution >= 0.6 is 11.3 Å². The number of hydrogen-bond acceptors (Lipinski definition) is 5. The largest absolute Gasteiger partial charge is 0.376 e. The van der Waals surface area contributed by atoms with E-state index in [2.05, 4.69) is 20.6 Å². The van der Waals surface area contributed by atoms with Gasteiger partial charge in [0, 0.05) is 36.3 Å². The molecule has 2 saturated heterocycles. The number of thiazole rings is 1. The second-order valence-corrected chi connectivity index (χ2v) is 7.22. The molecule has 6 heteroatoms. The Bertz CT molecular complexity index is 517. The van der Waals surface area contributed by atoms with Gasteiger partial charge in [0.2, 0.25) is 5.91 Å². The highest BCUT2D eigenvalue weighted by Gasteiger charge is 2.48. The molecule has 3 rings (SSSR count). The summed E-state index contributed by atoms with van der Waals surface area (Å²) in [5.41, 5.74) is 1.07. The van der Waals surface area contributed by atoms with E-state index in [9.17, 15) is 4.79 Å². The van der Waals surface area contributed by atoms with E-state index < -0.39 is 0 Å². The van der Waals surface area contributed by atoms with E-state index in [1.807, 2.05) is 20.8 Å². The first-order chi connectivity index (χ1) is 10.0. The Morgan fingerprint density at radius 2 is 2.43 bits per heavy atom. The minimum absolute atomic E-state index is 0.0461. The Hall–Kier alpha value is -0.980. The summed E-state index contributed by atoms with van der Waals surface area (Å²) in [6, 6.07) is 0.533. The number of nitrogens with zero attached hydrogens (tertiary/aromatic N) is 2. The van der Waals surface area contributed by atoms with Crippen molar-refractivity contribution in [3.63, 3.8) is 0 Å². The minimum atomic E-state index is -0.0547. The van der Waals surface area contributed by atoms with E-state index in [-0.39, 0.29) is 24.0 Å². The second-order valence-electron chi connectivity index (χ2n) is 6.27. The Morgan fingerprint density at radius 3 is 3.10 bits per heavy atom. The van der Waals surface area contributed by atoms with Crippen LogP contribution in [-0.2, 0) is 16.1 Å². The molecule has 1 amide bonds. The molecule has 116 valence electrons. The molecule has 0 saturated carbocycles. The maximum atomic E-state index is 12.4. The number of aromatic nitrogens is 1. The molecule has 0 aliphatic carbocycles. The molecule has 5 nitrogen and oxygen atoms in total. The van der Waals surface area contributed by atoms with Crippen molar-refractivity contribution in [1.82, 2.24) is 15.2 Å². The van der Waals surface area contributed by atoms with Crippen LogP contribution in [0.4, 0.5) is 0 Å². The van der Waals surface area contributed by atoms with Crippen LogP contribution in [0.15, 0.2) is 5.38 Å². The highest BCUT2D eigenvalue weighted by molar-refractivity contribution is 7.09. The minimum Gasteiger partial charge on any atom is -0.376 e. The van der Waals surface area contributed by atoms with Crippen LogP contribution < -0.4 is 5.32 Å². The van der Waals surface area contributed by atoms with Gasteiger partial charge in [0.05, 0.1) is 18.6 Å². The quantitative estimate of drug-likeness (QED) is 0.917. The smallest absolute Gasteiger partial charge is 0.227 e. The third-order valence-corrected chi connectivity index (χ3v) is 5.12. The molecule has 2 aliphatic heterocycles. The number of carbonyl (C=O) groups is 1. The van der Waals surface area contributed by atoms with E-state index in [0.29, 0.717) is 6.04 Å². The summed E-state index contributed by atoms with van der Waals surface area (Å²) in [6.07, 6.45) is 1.06. The Balaban J connectivity index is 1.70. The van der Waals surface area contributed by atoms with E-state index in [1.165, 1.54) is 0 Å². The number of nitrogens with one attached hydrogen (secondary N) is 1. The van der Waals surface area contributed by atoms with Gasteiger partial charge in [-0.3, -0.25) is 9.69 Å². The maximum absolute atomic E-state index is 12.4. The summed E-state index contributed by atoms with van der Waals surface area (Å²) in [5, 5.41) is 6.24. The van der Waals surface area contributed by atoms with Crippen LogP contribution in [0.1, 0.15) is 31.0 Å². The first-order valence-corrected chi connectivity index (χ1v) is 8.49. The Labute approximate surface area is 129 Å². The number of rotatable bonds is 4. The van der Waals surface area contributed by atoms with Crippen molar-refractivity contribution in [1.29, 1.82) is 0 Å². The van der Waals surface area contributed by atoms with E-state index in [1.54, 1.807) is 11.3 Å². The lowest BCUT2D eigenvalue weighted by molar-refractivity contribution is -0.128. The topological polar surface area (TPSA) is 54.5 Å². The third kappa shape index (κ3) is 3.12. The van der Waals surface area contributed by atoms with Crippen molar-refractivity contribution >= 4 is 17.2 Å². The SMILES string of the molecule is Cc1csc(CN2C[C@H](C(=O)NC(C)C)[C@H]3OCC[C@H]32)n1. The number of hydrogen-bond donors (Lipinski definition) is 1. The highest BCUT2D eigenvalue weighted by Crippen LogP contribution is 2.34. The number of carbonyl (C=O) groups excluding carboxylic acids is 1. The molecule has 2 fully saturated rings. The first-order valence-electron chi connectivity index (χ1n) is 7.61. The van der Waals surface area contributed by atoms with Gasteiger partial charge in [0.25, 0.3) is 0 Å². The number of aryl methyl sites for hydroxylation is 1. The average Bonchev–Trinajstić information content (AvgIpc) is 3.07. The predicted octanol–water partition coefficient (Wildman–Crippen LogP) is 1.57. The van der Waals surface area contributed by atoms with E-state index in [4.69, 9.17) is 4.74 Å². The zero-order valence-corrected chi connectivity index (χ0v) is 13.7. The fourth-order valence-corrected chi connectivity index (χ4v) is 4.12. The van der Waals surface area contributed by atoms with Gasteiger partial charge in [-0.25, -0.2) is 4.98 Å². The van der Waals surface area contributed by atoms with Gasteiger partial charge in [-0.2, -0.15) is 0 Å². The zero-order valence-electron chi connectivity index (χ0n) is 12.8. The van der Waals surface area contributed by atoms with Crippen molar-refractivity contribution in [3.05, 3.63) is 16.1 Å². The van der Waals surface area contributed by atoms with Crippen molar-refractivity contribution in [2.24, 2.45) is 5.92 Å². The molecule has 3 atom stereocenters. The molecule has 21 heavy (non-hydrogen) atoms. The lowest BCUT2D eigenvalue weighted by Gasteiger charge is -2.20. The van der Waals surface area contributed by atoms with Gasteiger partial charge >= 0.3 is 0 Å². The Kier molecular flexibility index (Phi) is 4.28. The van der Waals surface area contributed by atoms with Gasteiger partial charge in [-0.15, -0.1) is 11.3 Å². The van der Waals surface area contributed by atoms with Crippen LogP contribution in [0, 0.1) is 12.8 Å². The summed E-state index contributed by atoms with van der Waals surface area (Å²) >= 11 is 1.70. The standard InChI is InChI=1S/C15H23N3O2S/c1-9(2)16-15(19)11-6-18(12-4-5-20-14(11)12)7-13-17-10(3)8-21-13/h8-9,11-12,14H,4-7H2,1-3H3,(H,16,19)/t11-,12+,14+/m0/s1. The summed E-state index contributed by atoms with van der Waals surface area (Å²) in [5.74, 6) is 0.0701. The number of fused-ring (bicyclic) bond motifs is 1. The van der Waals surface area contributed by atoms with E-state index >= 15 is 0 Å². The van der Waals surface area contributed by atoms with Crippen molar-refractivity contribution in [2.75, 3.05) is 13.2 Å². The van der Waals surface area contributed by atoms with Crippen LogP contribution in [0.2, 0.25) is 0 Å². The molecule has 0 aromatic carbocycles. The highest BCUT2D eigenvalue weighted by atomic mass is 32.1. The molecule has 0 bridgehead atoms. The molecule has 0 spiro atoms. The normalized spacial score (nSPS) is 29.0. The molecule has 1 aromatic rings. The molecular weight excluding hydrogens is 286 g/mol. The van der Waals surface area contributed by atoms with Gasteiger partial charge in [-0.05, 0) is 27.2 Å². The lowest BCUT2D eigenvalue weighted by atomic mass is 10.0. The van der Waals surface area contributed by atoms with E-state index in [0.717, 1.165) is 36.8 Å². The number of ether oxygens (including phenoxy) is 1. The van der Waals surface area contributed by atoms with Crippen LogP contribution in [-0.4, -0.2) is 47.1 Å².